The van der Waals surface area contributed by atoms with Crippen LogP contribution in [0.4, 0.5) is 0 Å². The summed E-state index contributed by atoms with van der Waals surface area (Å²) in [6.45, 7) is 5.77. The van der Waals surface area contributed by atoms with E-state index in [1.807, 2.05) is 37.4 Å². The minimum Gasteiger partial charge on any atom is -0.472 e. The van der Waals surface area contributed by atoms with Gasteiger partial charge in [0.15, 0.2) is 0 Å². The molecule has 2 aliphatic rings. The number of allylic oxidation sites excluding steroid dienone is 2. The molecule has 0 fully saturated rings. The number of hydrogen-bond acceptors (Lipinski definition) is 6. The molecule has 1 aliphatic carbocycles. The summed E-state index contributed by atoms with van der Waals surface area (Å²) in [6.07, 6.45) is 10.2. The van der Waals surface area contributed by atoms with Crippen LogP contribution in [-0.4, -0.2) is 69.7 Å². The Morgan fingerprint density at radius 2 is 2.15 bits per heavy atom. The van der Waals surface area contributed by atoms with Crippen molar-refractivity contribution in [2.45, 2.75) is 58.2 Å². The van der Waals surface area contributed by atoms with E-state index in [1.165, 1.54) is 12.0 Å². The Hall–Kier alpha value is -2.77. The summed E-state index contributed by atoms with van der Waals surface area (Å²) in [7, 11) is 2.05. The van der Waals surface area contributed by atoms with Crippen LogP contribution in [0.15, 0.2) is 42.7 Å². The number of carbonyl (C=O) groups is 1. The maximum absolute atomic E-state index is 13.6. The van der Waals surface area contributed by atoms with Gasteiger partial charge in [0.05, 0.1) is 18.3 Å². The van der Waals surface area contributed by atoms with E-state index in [9.17, 15) is 9.90 Å². The summed E-state index contributed by atoms with van der Waals surface area (Å²) in [5.41, 5.74) is 3.72. The molecule has 182 valence electrons. The molecule has 0 bridgehead atoms. The SMILES string of the molecule is C[C@H](CO)N1C[C@H](C)[C@H](CN(C)Cc2ccccn2)Oc2ncc(C3=CCCCC3)cc2C1=O. The van der Waals surface area contributed by atoms with Crippen LogP contribution in [-0.2, 0) is 6.54 Å². The topological polar surface area (TPSA) is 78.8 Å². The first-order chi connectivity index (χ1) is 16.5. The number of ether oxygens (including phenoxy) is 1. The number of rotatable bonds is 7. The molecular formula is C27H36N4O3. The van der Waals surface area contributed by atoms with Gasteiger partial charge in [0.25, 0.3) is 5.91 Å². The lowest BCUT2D eigenvalue weighted by atomic mass is 9.93. The Bertz CT molecular complexity index is 1010. The number of nitrogens with zero attached hydrogens (tertiary/aromatic N) is 4. The van der Waals surface area contributed by atoms with Crippen molar-refractivity contribution >= 4 is 11.5 Å². The largest absolute Gasteiger partial charge is 0.472 e. The van der Waals surface area contributed by atoms with Crippen molar-refractivity contribution in [1.82, 2.24) is 19.8 Å². The predicted molar refractivity (Wildman–Crippen MR) is 132 cm³/mol. The number of aliphatic hydroxyl groups is 1. The van der Waals surface area contributed by atoms with Crippen LogP contribution in [0.2, 0.25) is 0 Å². The van der Waals surface area contributed by atoms with Gasteiger partial charge in [-0.2, -0.15) is 0 Å². The van der Waals surface area contributed by atoms with Crippen LogP contribution < -0.4 is 4.74 Å². The van der Waals surface area contributed by atoms with Crippen molar-refractivity contribution in [1.29, 1.82) is 0 Å². The lowest BCUT2D eigenvalue weighted by Gasteiger charge is -2.37. The van der Waals surface area contributed by atoms with Crippen molar-refractivity contribution in [3.8, 4) is 5.88 Å². The molecule has 0 saturated heterocycles. The third-order valence-corrected chi connectivity index (χ3v) is 6.83. The molecule has 0 spiro atoms. The number of carbonyl (C=O) groups excluding carboxylic acids is 1. The zero-order valence-electron chi connectivity index (χ0n) is 20.5. The molecule has 34 heavy (non-hydrogen) atoms. The number of pyridine rings is 2. The summed E-state index contributed by atoms with van der Waals surface area (Å²) in [5, 5.41) is 9.87. The molecule has 0 unspecified atom stereocenters. The molecule has 7 nitrogen and oxygen atoms in total. The molecule has 1 amide bonds. The van der Waals surface area contributed by atoms with E-state index in [4.69, 9.17) is 4.74 Å². The van der Waals surface area contributed by atoms with E-state index < -0.39 is 0 Å². The highest BCUT2D eigenvalue weighted by Gasteiger charge is 2.34. The van der Waals surface area contributed by atoms with Crippen molar-refractivity contribution in [2.24, 2.45) is 5.92 Å². The first kappa shape index (κ1) is 24.4. The third-order valence-electron chi connectivity index (χ3n) is 6.83. The van der Waals surface area contributed by atoms with Gasteiger partial charge in [0.2, 0.25) is 5.88 Å². The number of aliphatic hydroxyl groups excluding tert-OH is 1. The lowest BCUT2D eigenvalue weighted by Crippen LogP contribution is -2.49. The van der Waals surface area contributed by atoms with Gasteiger partial charge in [-0.05, 0) is 69.0 Å². The standard InChI is InChI=1S/C27H36N4O3/c1-19-15-31(20(2)18-32)27(33)24-13-22(21-9-5-4-6-10-21)14-29-26(24)34-25(19)17-30(3)16-23-11-7-8-12-28-23/h7-9,11-14,19-20,25,32H,4-6,10,15-18H2,1-3H3/t19-,20+,25-/m0/s1. The fraction of sp³-hybridized carbons (Fsp3) is 0.519. The quantitative estimate of drug-likeness (QED) is 0.672. The Balaban J connectivity index is 1.63. The average Bonchev–Trinajstić information content (AvgIpc) is 2.86. The van der Waals surface area contributed by atoms with Gasteiger partial charge in [-0.3, -0.25) is 14.7 Å². The maximum atomic E-state index is 13.6. The van der Waals surface area contributed by atoms with Gasteiger partial charge >= 0.3 is 0 Å². The fourth-order valence-electron chi connectivity index (χ4n) is 4.74. The number of aromatic nitrogens is 2. The number of fused-ring (bicyclic) bond motifs is 1. The molecule has 2 aromatic heterocycles. The second kappa shape index (κ2) is 11.1. The van der Waals surface area contributed by atoms with Crippen LogP contribution >= 0.6 is 0 Å². The maximum Gasteiger partial charge on any atom is 0.259 e. The van der Waals surface area contributed by atoms with Gasteiger partial charge in [-0.1, -0.05) is 19.1 Å². The highest BCUT2D eigenvalue weighted by molar-refractivity contribution is 5.97. The summed E-state index contributed by atoms with van der Waals surface area (Å²) in [5.74, 6) is 0.303. The Labute approximate surface area is 202 Å². The summed E-state index contributed by atoms with van der Waals surface area (Å²) < 4.78 is 6.43. The van der Waals surface area contributed by atoms with Gasteiger partial charge in [0, 0.05) is 37.9 Å². The molecule has 0 saturated carbocycles. The molecule has 3 heterocycles. The predicted octanol–water partition coefficient (Wildman–Crippen LogP) is 3.79. The molecule has 2 aromatic rings. The Morgan fingerprint density at radius 3 is 2.85 bits per heavy atom. The van der Waals surface area contributed by atoms with Crippen molar-refractivity contribution in [3.05, 3.63) is 59.6 Å². The highest BCUT2D eigenvalue weighted by atomic mass is 16.5. The summed E-state index contributed by atoms with van der Waals surface area (Å²) >= 11 is 0. The lowest BCUT2D eigenvalue weighted by molar-refractivity contribution is 0.0324. The zero-order valence-corrected chi connectivity index (χ0v) is 20.5. The van der Waals surface area contributed by atoms with E-state index in [0.29, 0.717) is 31.1 Å². The second-order valence-corrected chi connectivity index (χ2v) is 9.69. The van der Waals surface area contributed by atoms with Gasteiger partial charge in [0.1, 0.15) is 11.7 Å². The molecule has 1 aliphatic heterocycles. The molecule has 7 heteroatoms. The number of likely N-dealkylation sites (N-methyl/N-ethyl adjacent to an activating group) is 1. The number of amides is 1. The van der Waals surface area contributed by atoms with E-state index in [1.54, 1.807) is 11.1 Å². The van der Waals surface area contributed by atoms with Crippen molar-refractivity contribution in [3.63, 3.8) is 0 Å². The molecular weight excluding hydrogens is 428 g/mol. The molecule has 4 rings (SSSR count). The smallest absolute Gasteiger partial charge is 0.259 e. The van der Waals surface area contributed by atoms with E-state index in [2.05, 4.69) is 34.9 Å². The van der Waals surface area contributed by atoms with E-state index in [0.717, 1.165) is 30.5 Å². The molecule has 0 aromatic carbocycles. The van der Waals surface area contributed by atoms with Crippen LogP contribution in [0.3, 0.4) is 0 Å². The second-order valence-electron chi connectivity index (χ2n) is 9.69. The molecule has 0 radical (unpaired) electrons. The van der Waals surface area contributed by atoms with Crippen molar-refractivity contribution < 1.29 is 14.6 Å². The van der Waals surface area contributed by atoms with Crippen LogP contribution in [0.25, 0.3) is 5.57 Å². The van der Waals surface area contributed by atoms with Gasteiger partial charge in [-0.25, -0.2) is 4.98 Å². The first-order valence-corrected chi connectivity index (χ1v) is 12.3. The summed E-state index contributed by atoms with van der Waals surface area (Å²) in [4.78, 5) is 26.6. The normalized spacial score (nSPS) is 21.9. The van der Waals surface area contributed by atoms with Crippen molar-refractivity contribution in [2.75, 3.05) is 26.7 Å². The fourth-order valence-corrected chi connectivity index (χ4v) is 4.74. The van der Waals surface area contributed by atoms with Crippen LogP contribution in [0, 0.1) is 5.92 Å². The van der Waals surface area contributed by atoms with Gasteiger partial charge in [-0.15, -0.1) is 0 Å². The summed E-state index contributed by atoms with van der Waals surface area (Å²) in [6, 6.07) is 7.57. The van der Waals surface area contributed by atoms with E-state index in [-0.39, 0.29) is 30.6 Å². The van der Waals surface area contributed by atoms with E-state index >= 15 is 0 Å². The molecule has 3 atom stereocenters. The zero-order chi connectivity index (χ0) is 24.1. The minimum atomic E-state index is -0.287. The Kier molecular flexibility index (Phi) is 7.95. The number of hydrogen-bond donors (Lipinski definition) is 1. The minimum absolute atomic E-state index is 0.0554. The average molecular weight is 465 g/mol. The third kappa shape index (κ3) is 5.65. The molecule has 1 N–H and O–H groups in total. The first-order valence-electron chi connectivity index (χ1n) is 12.3. The van der Waals surface area contributed by atoms with Crippen LogP contribution in [0.5, 0.6) is 5.88 Å². The highest BCUT2D eigenvalue weighted by Crippen LogP contribution is 2.32. The van der Waals surface area contributed by atoms with Gasteiger partial charge < -0.3 is 14.7 Å². The monoisotopic (exact) mass is 464 g/mol. The Morgan fingerprint density at radius 1 is 1.29 bits per heavy atom. The van der Waals surface area contributed by atoms with Crippen LogP contribution in [0.1, 0.15) is 61.1 Å².